The minimum absolute atomic E-state index is 0.0785. The van der Waals surface area contributed by atoms with Crippen LogP contribution in [0.4, 0.5) is 5.69 Å². The van der Waals surface area contributed by atoms with Crippen molar-refractivity contribution in [3.05, 3.63) is 63.6 Å². The number of carbonyl (C=O) groups excluding carboxylic acids is 1. The van der Waals surface area contributed by atoms with Gasteiger partial charge in [0, 0.05) is 29.3 Å². The van der Waals surface area contributed by atoms with Gasteiger partial charge < -0.3 is 10.6 Å². The summed E-state index contributed by atoms with van der Waals surface area (Å²) < 4.78 is 1.09. The van der Waals surface area contributed by atoms with E-state index in [2.05, 4.69) is 51.7 Å². The first-order valence-corrected chi connectivity index (χ1v) is 7.20. The highest BCUT2D eigenvalue weighted by Crippen LogP contribution is 2.20. The minimum Gasteiger partial charge on any atom is -0.381 e. The summed E-state index contributed by atoms with van der Waals surface area (Å²) in [5, 5.41) is 5.95. The lowest BCUT2D eigenvalue weighted by atomic mass is 10.1. The largest absolute Gasteiger partial charge is 0.381 e. The molecule has 2 aromatic carbocycles. The van der Waals surface area contributed by atoms with Crippen LogP contribution in [-0.4, -0.2) is 13.0 Å². The molecule has 0 bridgehead atoms. The molecule has 0 heterocycles. The molecule has 2 N–H and O–H groups in total. The van der Waals surface area contributed by atoms with Crippen molar-refractivity contribution in [2.75, 3.05) is 12.4 Å². The highest BCUT2D eigenvalue weighted by molar-refractivity contribution is 9.10. The average molecular weight is 333 g/mol. The highest BCUT2D eigenvalue weighted by atomic mass is 79.9. The Hall–Kier alpha value is -1.81. The summed E-state index contributed by atoms with van der Waals surface area (Å²) in [5.41, 5.74) is 3.99. The van der Waals surface area contributed by atoms with Crippen molar-refractivity contribution < 1.29 is 4.79 Å². The molecule has 2 aromatic rings. The van der Waals surface area contributed by atoms with E-state index in [1.54, 1.807) is 13.1 Å². The quantitative estimate of drug-likeness (QED) is 0.895. The molecule has 0 aliphatic carbocycles. The summed E-state index contributed by atoms with van der Waals surface area (Å²) in [5.74, 6) is -0.0785. The van der Waals surface area contributed by atoms with Gasteiger partial charge in [-0.1, -0.05) is 34.1 Å². The number of aryl methyl sites for hydroxylation is 1. The summed E-state index contributed by atoms with van der Waals surface area (Å²) in [6.45, 7) is 2.77. The topological polar surface area (TPSA) is 41.1 Å². The van der Waals surface area contributed by atoms with E-state index in [4.69, 9.17) is 0 Å². The molecule has 0 unspecified atom stereocenters. The predicted octanol–water partition coefficient (Wildman–Crippen LogP) is 3.73. The third-order valence-corrected chi connectivity index (χ3v) is 3.78. The van der Waals surface area contributed by atoms with E-state index in [1.165, 1.54) is 11.1 Å². The molecule has 0 aliphatic rings. The molecule has 0 aromatic heterocycles. The van der Waals surface area contributed by atoms with Crippen molar-refractivity contribution in [3.8, 4) is 0 Å². The van der Waals surface area contributed by atoms with E-state index in [0.29, 0.717) is 12.1 Å². The van der Waals surface area contributed by atoms with Crippen LogP contribution in [0.15, 0.2) is 46.9 Å². The Bertz CT molecular complexity index is 626. The van der Waals surface area contributed by atoms with E-state index in [9.17, 15) is 4.79 Å². The molecule has 0 saturated carbocycles. The van der Waals surface area contributed by atoms with E-state index in [1.807, 2.05) is 18.2 Å². The zero-order chi connectivity index (χ0) is 14.5. The fourth-order valence-corrected chi connectivity index (χ4v) is 2.54. The number of amides is 1. The smallest absolute Gasteiger partial charge is 0.251 e. The standard InChI is InChI=1S/C16H17BrN2O/c1-11-6-7-13(15(17)8-11)10-19-14-5-3-4-12(9-14)16(20)18-2/h3-9,19H,10H2,1-2H3,(H,18,20). The van der Waals surface area contributed by atoms with Gasteiger partial charge in [-0.2, -0.15) is 0 Å². The predicted molar refractivity (Wildman–Crippen MR) is 86.0 cm³/mol. The zero-order valence-electron chi connectivity index (χ0n) is 11.5. The van der Waals surface area contributed by atoms with Crippen molar-refractivity contribution in [2.24, 2.45) is 0 Å². The molecule has 20 heavy (non-hydrogen) atoms. The van der Waals surface area contributed by atoms with Gasteiger partial charge in [-0.25, -0.2) is 0 Å². The van der Waals surface area contributed by atoms with Crippen LogP contribution in [0.3, 0.4) is 0 Å². The normalized spacial score (nSPS) is 10.2. The van der Waals surface area contributed by atoms with E-state index in [-0.39, 0.29) is 5.91 Å². The number of nitrogens with one attached hydrogen (secondary N) is 2. The summed E-state index contributed by atoms with van der Waals surface area (Å²) in [7, 11) is 1.63. The van der Waals surface area contributed by atoms with Crippen LogP contribution in [0.1, 0.15) is 21.5 Å². The SMILES string of the molecule is CNC(=O)c1cccc(NCc2ccc(C)cc2Br)c1. The van der Waals surface area contributed by atoms with Crippen molar-refractivity contribution >= 4 is 27.5 Å². The second-order valence-electron chi connectivity index (χ2n) is 4.61. The third kappa shape index (κ3) is 3.61. The molecular formula is C16H17BrN2O. The van der Waals surface area contributed by atoms with Crippen LogP contribution in [-0.2, 0) is 6.54 Å². The number of hydrogen-bond acceptors (Lipinski definition) is 2. The number of benzene rings is 2. The molecule has 3 nitrogen and oxygen atoms in total. The molecule has 4 heteroatoms. The van der Waals surface area contributed by atoms with Crippen LogP contribution in [0.2, 0.25) is 0 Å². The molecule has 0 saturated heterocycles. The lowest BCUT2D eigenvalue weighted by molar-refractivity contribution is 0.0963. The number of anilines is 1. The zero-order valence-corrected chi connectivity index (χ0v) is 13.1. The number of hydrogen-bond donors (Lipinski definition) is 2. The van der Waals surface area contributed by atoms with Gasteiger partial charge >= 0.3 is 0 Å². The summed E-state index contributed by atoms with van der Waals surface area (Å²) in [6.07, 6.45) is 0. The van der Waals surface area contributed by atoms with E-state index < -0.39 is 0 Å². The number of rotatable bonds is 4. The molecule has 2 rings (SSSR count). The molecule has 1 amide bonds. The van der Waals surface area contributed by atoms with Crippen LogP contribution < -0.4 is 10.6 Å². The fourth-order valence-electron chi connectivity index (χ4n) is 1.91. The summed E-state index contributed by atoms with van der Waals surface area (Å²) >= 11 is 3.57. The first-order valence-electron chi connectivity index (χ1n) is 6.41. The monoisotopic (exact) mass is 332 g/mol. The van der Waals surface area contributed by atoms with Gasteiger partial charge in [0.15, 0.2) is 0 Å². The Morgan fingerprint density at radius 3 is 2.70 bits per heavy atom. The van der Waals surface area contributed by atoms with E-state index in [0.717, 1.165) is 10.2 Å². The van der Waals surface area contributed by atoms with Crippen molar-refractivity contribution in [1.29, 1.82) is 0 Å². The van der Waals surface area contributed by atoms with Gasteiger partial charge in [0.1, 0.15) is 0 Å². The van der Waals surface area contributed by atoms with Gasteiger partial charge in [-0.15, -0.1) is 0 Å². The summed E-state index contributed by atoms with van der Waals surface area (Å²) in [4.78, 5) is 11.6. The van der Waals surface area contributed by atoms with Gasteiger partial charge in [-0.3, -0.25) is 4.79 Å². The maximum atomic E-state index is 11.6. The van der Waals surface area contributed by atoms with Crippen molar-refractivity contribution in [1.82, 2.24) is 5.32 Å². The lowest BCUT2D eigenvalue weighted by Crippen LogP contribution is -2.17. The molecular weight excluding hydrogens is 316 g/mol. The maximum absolute atomic E-state index is 11.6. The van der Waals surface area contributed by atoms with Crippen LogP contribution in [0.25, 0.3) is 0 Å². The maximum Gasteiger partial charge on any atom is 0.251 e. The first-order chi connectivity index (χ1) is 9.60. The fraction of sp³-hybridized carbons (Fsp3) is 0.188. The van der Waals surface area contributed by atoms with Gasteiger partial charge in [-0.05, 0) is 42.3 Å². The van der Waals surface area contributed by atoms with Gasteiger partial charge in [0.05, 0.1) is 0 Å². The Labute approximate surface area is 127 Å². The Morgan fingerprint density at radius 2 is 2.00 bits per heavy atom. The Kier molecular flexibility index (Phi) is 4.79. The number of halogens is 1. The molecule has 0 aliphatic heterocycles. The molecule has 0 spiro atoms. The third-order valence-electron chi connectivity index (χ3n) is 3.04. The van der Waals surface area contributed by atoms with Crippen LogP contribution >= 0.6 is 15.9 Å². The molecule has 0 atom stereocenters. The van der Waals surface area contributed by atoms with Gasteiger partial charge in [0.2, 0.25) is 0 Å². The average Bonchev–Trinajstić information content (AvgIpc) is 2.46. The first kappa shape index (κ1) is 14.6. The van der Waals surface area contributed by atoms with Crippen LogP contribution in [0.5, 0.6) is 0 Å². The molecule has 0 radical (unpaired) electrons. The Balaban J connectivity index is 2.09. The molecule has 0 fully saturated rings. The van der Waals surface area contributed by atoms with E-state index >= 15 is 0 Å². The minimum atomic E-state index is -0.0785. The molecule has 104 valence electrons. The second-order valence-corrected chi connectivity index (χ2v) is 5.46. The summed E-state index contributed by atoms with van der Waals surface area (Å²) in [6, 6.07) is 13.7. The highest BCUT2D eigenvalue weighted by Gasteiger charge is 2.04. The Morgan fingerprint density at radius 1 is 1.20 bits per heavy atom. The van der Waals surface area contributed by atoms with Crippen LogP contribution in [0, 0.1) is 6.92 Å². The van der Waals surface area contributed by atoms with Crippen molar-refractivity contribution in [2.45, 2.75) is 13.5 Å². The lowest BCUT2D eigenvalue weighted by Gasteiger charge is -2.10. The van der Waals surface area contributed by atoms with Crippen molar-refractivity contribution in [3.63, 3.8) is 0 Å². The second kappa shape index (κ2) is 6.57. The number of carbonyl (C=O) groups is 1. The van der Waals surface area contributed by atoms with Gasteiger partial charge in [0.25, 0.3) is 5.91 Å².